The molecule has 3 heterocycles. The summed E-state index contributed by atoms with van der Waals surface area (Å²) in [7, 11) is 0. The maximum atomic E-state index is 12.3. The molecule has 0 fully saturated rings. The first-order valence-electron chi connectivity index (χ1n) is 11.4. The van der Waals surface area contributed by atoms with Crippen molar-refractivity contribution in [1.29, 1.82) is 0 Å². The van der Waals surface area contributed by atoms with Crippen LogP contribution in [0.2, 0.25) is 0 Å². The molecular formula is C27H24N6O2S. The van der Waals surface area contributed by atoms with Gasteiger partial charge in [-0.3, -0.25) is 14.6 Å². The number of hydrogen-bond donors (Lipinski definition) is 2. The van der Waals surface area contributed by atoms with Gasteiger partial charge < -0.3 is 10.6 Å². The minimum atomic E-state index is -0.182. The Kier molecular flexibility index (Phi) is 8.46. The molecule has 0 saturated heterocycles. The van der Waals surface area contributed by atoms with Gasteiger partial charge in [-0.25, -0.2) is 4.98 Å². The summed E-state index contributed by atoms with van der Waals surface area (Å²) < 4.78 is 0. The van der Waals surface area contributed by atoms with E-state index in [4.69, 9.17) is 0 Å². The van der Waals surface area contributed by atoms with Crippen molar-refractivity contribution in [2.75, 3.05) is 10.6 Å². The van der Waals surface area contributed by atoms with Gasteiger partial charge in [-0.2, -0.15) is 0 Å². The molecule has 36 heavy (non-hydrogen) atoms. The van der Waals surface area contributed by atoms with Crippen molar-refractivity contribution in [3.05, 3.63) is 94.4 Å². The van der Waals surface area contributed by atoms with Crippen LogP contribution in [-0.4, -0.2) is 32.0 Å². The third-order valence-corrected chi connectivity index (χ3v) is 5.85. The number of aryl methyl sites for hydroxylation is 2. The molecule has 9 heteroatoms. The van der Waals surface area contributed by atoms with E-state index in [-0.39, 0.29) is 18.2 Å². The van der Waals surface area contributed by atoms with Gasteiger partial charge in [-0.15, -0.1) is 10.2 Å². The van der Waals surface area contributed by atoms with Crippen LogP contribution in [0.25, 0.3) is 0 Å². The predicted octanol–water partition coefficient (Wildman–Crippen LogP) is 3.98. The number of rotatable bonds is 8. The van der Waals surface area contributed by atoms with Gasteiger partial charge in [0.2, 0.25) is 16.9 Å². The van der Waals surface area contributed by atoms with E-state index >= 15 is 0 Å². The van der Waals surface area contributed by atoms with Gasteiger partial charge in [-0.05, 0) is 36.8 Å². The van der Waals surface area contributed by atoms with Crippen LogP contribution in [0.15, 0.2) is 67.0 Å². The van der Waals surface area contributed by atoms with Crippen molar-refractivity contribution in [3.63, 3.8) is 0 Å². The van der Waals surface area contributed by atoms with Crippen molar-refractivity contribution in [2.45, 2.75) is 32.6 Å². The van der Waals surface area contributed by atoms with Gasteiger partial charge in [-0.1, -0.05) is 59.1 Å². The lowest BCUT2D eigenvalue weighted by atomic mass is 10.1. The SMILES string of the molecule is Cc1cccc(CC(=O)Nc2ccc(C#CCCc3nnc(NC(=O)Cc4ccccn4)s3)cn2)c1. The fourth-order valence-electron chi connectivity index (χ4n) is 3.31. The normalized spacial score (nSPS) is 10.2. The van der Waals surface area contributed by atoms with Crippen LogP contribution in [0.3, 0.4) is 0 Å². The molecule has 0 aliphatic rings. The molecule has 2 N–H and O–H groups in total. The number of carbonyl (C=O) groups is 2. The van der Waals surface area contributed by atoms with Gasteiger partial charge >= 0.3 is 0 Å². The highest BCUT2D eigenvalue weighted by Crippen LogP contribution is 2.17. The fraction of sp³-hybridized carbons (Fsp3) is 0.185. The number of nitrogens with one attached hydrogen (secondary N) is 2. The summed E-state index contributed by atoms with van der Waals surface area (Å²) in [5.41, 5.74) is 3.54. The fourth-order valence-corrected chi connectivity index (χ4v) is 4.06. The standard InChI is InChI=1S/C27H24N6O2S/c1-19-7-6-9-21(15-19)16-24(34)30-23-13-12-20(18-29-23)8-2-3-11-26-32-33-27(36-26)31-25(35)17-22-10-4-5-14-28-22/h4-7,9-10,12-15,18H,3,11,16-17H2,1H3,(H,29,30,34)(H,31,33,35). The zero-order valence-electron chi connectivity index (χ0n) is 19.7. The molecule has 3 aromatic heterocycles. The van der Waals surface area contributed by atoms with Crippen LogP contribution in [0.4, 0.5) is 10.9 Å². The first kappa shape index (κ1) is 24.7. The Morgan fingerprint density at radius 3 is 2.61 bits per heavy atom. The smallest absolute Gasteiger partial charge is 0.232 e. The highest BCUT2D eigenvalue weighted by atomic mass is 32.1. The highest BCUT2D eigenvalue weighted by molar-refractivity contribution is 7.15. The predicted molar refractivity (Wildman–Crippen MR) is 139 cm³/mol. The second kappa shape index (κ2) is 12.3. The summed E-state index contributed by atoms with van der Waals surface area (Å²) in [4.78, 5) is 32.8. The molecule has 0 atom stereocenters. The molecule has 0 aliphatic carbocycles. The molecule has 2 amide bonds. The number of amides is 2. The zero-order valence-corrected chi connectivity index (χ0v) is 20.5. The lowest BCUT2D eigenvalue weighted by Crippen LogP contribution is -2.15. The third kappa shape index (κ3) is 7.82. The topological polar surface area (TPSA) is 110 Å². The number of aromatic nitrogens is 4. The Hall–Kier alpha value is -4.42. The van der Waals surface area contributed by atoms with Crippen LogP contribution < -0.4 is 10.6 Å². The number of carbonyl (C=O) groups excluding carboxylic acids is 2. The lowest BCUT2D eigenvalue weighted by molar-refractivity contribution is -0.116. The first-order valence-corrected chi connectivity index (χ1v) is 12.2. The van der Waals surface area contributed by atoms with E-state index in [1.165, 1.54) is 11.3 Å². The van der Waals surface area contributed by atoms with Crippen LogP contribution in [0, 0.1) is 18.8 Å². The molecule has 0 unspecified atom stereocenters. The number of hydrogen-bond acceptors (Lipinski definition) is 7. The van der Waals surface area contributed by atoms with E-state index in [0.717, 1.165) is 21.7 Å². The van der Waals surface area contributed by atoms with E-state index in [9.17, 15) is 9.59 Å². The average Bonchev–Trinajstić information content (AvgIpc) is 3.30. The monoisotopic (exact) mass is 496 g/mol. The second-order valence-corrected chi connectivity index (χ2v) is 9.06. The van der Waals surface area contributed by atoms with Crippen molar-refractivity contribution >= 4 is 34.1 Å². The number of benzene rings is 1. The Balaban J connectivity index is 1.21. The van der Waals surface area contributed by atoms with E-state index in [2.05, 4.69) is 42.6 Å². The molecule has 1 aromatic carbocycles. The first-order chi connectivity index (χ1) is 17.5. The average molecular weight is 497 g/mol. The summed E-state index contributed by atoms with van der Waals surface area (Å²) in [5.74, 6) is 6.35. The Morgan fingerprint density at radius 2 is 1.83 bits per heavy atom. The minimum absolute atomic E-state index is 0.115. The Labute approximate surface area is 213 Å². The summed E-state index contributed by atoms with van der Waals surface area (Å²) in [5, 5.41) is 15.0. The molecule has 8 nitrogen and oxygen atoms in total. The molecule has 0 bridgehead atoms. The zero-order chi connectivity index (χ0) is 25.2. The van der Waals surface area contributed by atoms with Crippen molar-refractivity contribution in [3.8, 4) is 11.8 Å². The number of anilines is 2. The Bertz CT molecular complexity index is 1390. The van der Waals surface area contributed by atoms with Crippen LogP contribution in [0.1, 0.15) is 33.8 Å². The molecule has 4 rings (SSSR count). The molecule has 0 spiro atoms. The summed E-state index contributed by atoms with van der Waals surface area (Å²) in [6, 6.07) is 16.9. The van der Waals surface area contributed by atoms with Crippen LogP contribution in [0.5, 0.6) is 0 Å². The van der Waals surface area contributed by atoms with Crippen molar-refractivity contribution in [1.82, 2.24) is 20.2 Å². The molecule has 4 aromatic rings. The molecular weight excluding hydrogens is 472 g/mol. The maximum Gasteiger partial charge on any atom is 0.232 e. The maximum absolute atomic E-state index is 12.3. The molecule has 0 saturated carbocycles. The minimum Gasteiger partial charge on any atom is -0.310 e. The van der Waals surface area contributed by atoms with E-state index in [1.54, 1.807) is 30.6 Å². The van der Waals surface area contributed by atoms with Crippen LogP contribution >= 0.6 is 11.3 Å². The van der Waals surface area contributed by atoms with Gasteiger partial charge in [0.05, 0.1) is 12.8 Å². The largest absolute Gasteiger partial charge is 0.310 e. The summed E-state index contributed by atoms with van der Waals surface area (Å²) in [6.45, 7) is 2.00. The van der Waals surface area contributed by atoms with Crippen molar-refractivity contribution < 1.29 is 9.59 Å². The third-order valence-electron chi connectivity index (χ3n) is 4.96. The van der Waals surface area contributed by atoms with Gasteiger partial charge in [0.15, 0.2) is 0 Å². The molecule has 0 aliphatic heterocycles. The Morgan fingerprint density at radius 1 is 0.944 bits per heavy atom. The van der Waals surface area contributed by atoms with E-state index in [1.807, 2.05) is 43.3 Å². The van der Waals surface area contributed by atoms with Crippen LogP contribution in [-0.2, 0) is 28.9 Å². The molecule has 0 radical (unpaired) electrons. The van der Waals surface area contributed by atoms with Crippen molar-refractivity contribution in [2.24, 2.45) is 0 Å². The summed E-state index contributed by atoms with van der Waals surface area (Å²) in [6.07, 6.45) is 4.99. The number of pyridine rings is 2. The second-order valence-electron chi connectivity index (χ2n) is 7.99. The van der Waals surface area contributed by atoms with Gasteiger partial charge in [0.25, 0.3) is 0 Å². The number of nitrogens with zero attached hydrogens (tertiary/aromatic N) is 4. The molecule has 180 valence electrons. The quantitative estimate of drug-likeness (QED) is 0.357. The van der Waals surface area contributed by atoms with E-state index < -0.39 is 0 Å². The summed E-state index contributed by atoms with van der Waals surface area (Å²) >= 11 is 1.33. The highest BCUT2D eigenvalue weighted by Gasteiger charge is 2.09. The lowest BCUT2D eigenvalue weighted by Gasteiger charge is -2.05. The van der Waals surface area contributed by atoms with Gasteiger partial charge in [0.1, 0.15) is 10.8 Å². The van der Waals surface area contributed by atoms with E-state index in [0.29, 0.717) is 35.9 Å². The van der Waals surface area contributed by atoms with Gasteiger partial charge in [0, 0.05) is 36.5 Å².